The Morgan fingerprint density at radius 1 is 1.00 bits per heavy atom. The minimum Gasteiger partial charge on any atom is -1.00 e. The molecule has 0 radical (unpaired) electrons. The van der Waals surface area contributed by atoms with Crippen LogP contribution in [-0.4, -0.2) is 56.5 Å². The maximum Gasteiger partial charge on any atom is 1.00 e. The molecule has 6 heteroatoms. The Labute approximate surface area is 107 Å². The van der Waals surface area contributed by atoms with Gasteiger partial charge in [0.25, 0.3) is 0 Å². The van der Waals surface area contributed by atoms with E-state index in [1.165, 1.54) is 0 Å². The van der Waals surface area contributed by atoms with Crippen LogP contribution in [0.25, 0.3) is 0 Å². The van der Waals surface area contributed by atoms with Gasteiger partial charge >= 0.3 is 48.3 Å². The first-order chi connectivity index (χ1) is 5.41. The van der Waals surface area contributed by atoms with Gasteiger partial charge in [0, 0.05) is 27.4 Å². The van der Waals surface area contributed by atoms with Gasteiger partial charge in [0.05, 0.1) is 13.2 Å². The van der Waals surface area contributed by atoms with E-state index in [1.807, 2.05) is 0 Å². The summed E-state index contributed by atoms with van der Waals surface area (Å²) >= 11 is -0.789. The van der Waals surface area contributed by atoms with Crippen LogP contribution in [0.2, 0.25) is 0 Å². The van der Waals surface area contributed by atoms with Crippen molar-refractivity contribution in [3.63, 3.8) is 0 Å². The van der Waals surface area contributed by atoms with E-state index in [1.54, 1.807) is 14.2 Å². The smallest absolute Gasteiger partial charge is 1.00 e. The fourth-order valence-electron chi connectivity index (χ4n) is 0.461. The van der Waals surface area contributed by atoms with Gasteiger partial charge in [-0.1, -0.05) is 0 Å². The Balaban J connectivity index is -0.0000000833. The Bertz CT molecular complexity index is 79.4. The third-order valence-electron chi connectivity index (χ3n) is 1.03. The van der Waals surface area contributed by atoms with E-state index in [0.717, 1.165) is 0 Å². The van der Waals surface area contributed by atoms with Crippen LogP contribution < -0.4 is 29.6 Å². The van der Waals surface area contributed by atoms with Crippen LogP contribution in [0, 0.1) is 0 Å². The molecule has 0 unspecified atom stereocenters. The Hall–Kier alpha value is 1.37. The van der Waals surface area contributed by atoms with Crippen molar-refractivity contribution < 1.29 is 50.9 Å². The van der Waals surface area contributed by atoms with Crippen LogP contribution in [0.4, 0.5) is 0 Å². The van der Waals surface area contributed by atoms with E-state index in [9.17, 15) is 0 Å². The molecule has 0 atom stereocenters. The van der Waals surface area contributed by atoms with Crippen molar-refractivity contribution in [2.75, 3.05) is 40.6 Å². The minimum atomic E-state index is -0.789. The first-order valence-electron chi connectivity index (χ1n) is 3.55. The molecule has 0 aromatic rings. The van der Waals surface area contributed by atoms with Crippen molar-refractivity contribution in [3.8, 4) is 0 Å². The van der Waals surface area contributed by atoms with Crippen LogP contribution in [0.1, 0.15) is 4.28 Å². The summed E-state index contributed by atoms with van der Waals surface area (Å²) in [4.78, 5) is 0. The van der Waals surface area contributed by atoms with Gasteiger partial charge in [-0.25, -0.2) is 0 Å². The standard InChI is InChI=1S/2C3H7O2.Al.Na.2H/c2*1-5-3-2-4;;;;/h2*2-3H2,1H3;;;;/q2*-1;+2;+1;;-1/p+2. The molecule has 0 aliphatic carbocycles. The largest absolute Gasteiger partial charge is 1.00 e. The molecule has 0 N–H and O–H groups in total. The Kier molecular flexibility index (Phi) is 19.6. The number of ether oxygens (including phenoxy) is 2. The Morgan fingerprint density at radius 2 is 1.42 bits per heavy atom. The zero-order valence-electron chi connectivity index (χ0n) is 11.2. The number of rotatable bonds is 8. The van der Waals surface area contributed by atoms with E-state index in [4.69, 9.17) is 17.1 Å². The molecule has 0 bridgehead atoms. The molecule has 4 nitrogen and oxygen atoms in total. The van der Waals surface area contributed by atoms with Crippen LogP contribution in [-0.2, 0) is 17.1 Å². The van der Waals surface area contributed by atoms with Crippen molar-refractivity contribution in [2.45, 2.75) is 0 Å². The summed E-state index contributed by atoms with van der Waals surface area (Å²) in [5, 5.41) is 0. The molecule has 0 heterocycles. The Morgan fingerprint density at radius 3 is 1.75 bits per heavy atom. The molecule has 0 fully saturated rings. The van der Waals surface area contributed by atoms with Gasteiger partial charge in [-0.2, -0.15) is 0 Å². The van der Waals surface area contributed by atoms with Gasteiger partial charge in [0.15, 0.2) is 0 Å². The molecule has 0 aliphatic heterocycles. The van der Waals surface area contributed by atoms with Crippen molar-refractivity contribution in [1.29, 1.82) is 0 Å². The van der Waals surface area contributed by atoms with Crippen molar-refractivity contribution in [3.05, 3.63) is 0 Å². The molecular weight excluding hydrogens is 186 g/mol. The van der Waals surface area contributed by atoms with Gasteiger partial charge in [-0.05, 0) is 0 Å². The molecule has 0 saturated carbocycles. The van der Waals surface area contributed by atoms with E-state index in [-0.39, 0.29) is 33.8 Å². The second kappa shape index (κ2) is 14.9. The van der Waals surface area contributed by atoms with Crippen LogP contribution in [0.15, 0.2) is 0 Å². The first-order valence-corrected chi connectivity index (χ1v) is 4.70. The van der Waals surface area contributed by atoms with Crippen molar-refractivity contribution in [2.24, 2.45) is 0 Å². The average Bonchev–Trinajstić information content (AvgIpc) is 2.03. The molecule has 0 rings (SSSR count). The van der Waals surface area contributed by atoms with Gasteiger partial charge in [-0.3, -0.25) is 0 Å². The predicted molar refractivity (Wildman–Crippen MR) is 46.1 cm³/mol. The summed E-state index contributed by atoms with van der Waals surface area (Å²) in [5.41, 5.74) is 0. The second-order valence-corrected chi connectivity index (χ2v) is 2.97. The van der Waals surface area contributed by atoms with Gasteiger partial charge < -0.3 is 18.5 Å². The first kappa shape index (κ1) is 15.8. The molecule has 0 aromatic carbocycles. The summed E-state index contributed by atoms with van der Waals surface area (Å²) in [7, 11) is 3.30. The molecule has 0 spiro atoms. The van der Waals surface area contributed by atoms with E-state index < -0.39 is 15.9 Å². The fraction of sp³-hybridized carbons (Fsp3) is 1.00. The molecule has 0 amide bonds. The van der Waals surface area contributed by atoms with Crippen LogP contribution in [0.3, 0.4) is 0 Å². The van der Waals surface area contributed by atoms with E-state index >= 15 is 0 Å². The summed E-state index contributed by atoms with van der Waals surface area (Å²) < 4.78 is 19.9. The topological polar surface area (TPSA) is 36.9 Å². The van der Waals surface area contributed by atoms with Gasteiger partial charge in [0.2, 0.25) is 0 Å². The number of hydrogen-bond donors (Lipinski definition) is 0. The monoisotopic (exact) mass is 204 g/mol. The zero-order chi connectivity index (χ0) is 8.36. The summed E-state index contributed by atoms with van der Waals surface area (Å²) in [6.07, 6.45) is 0. The summed E-state index contributed by atoms with van der Waals surface area (Å²) in [5.74, 6) is 0. The van der Waals surface area contributed by atoms with Crippen molar-refractivity contribution >= 4 is 15.9 Å². The molecule has 0 aliphatic rings. The van der Waals surface area contributed by atoms with Crippen LogP contribution in [0.5, 0.6) is 0 Å². The summed E-state index contributed by atoms with van der Waals surface area (Å²) in [6, 6.07) is 0. The van der Waals surface area contributed by atoms with E-state index in [0.29, 0.717) is 26.4 Å². The van der Waals surface area contributed by atoms with Gasteiger partial charge in [0.1, 0.15) is 0 Å². The molecule has 0 aromatic heterocycles. The van der Waals surface area contributed by atoms with Crippen molar-refractivity contribution in [1.82, 2.24) is 0 Å². The normalized spacial score (nSPS) is 9.17. The molecule has 12 heavy (non-hydrogen) atoms. The molecule has 68 valence electrons. The minimum absolute atomic E-state index is 0. The predicted octanol–water partition coefficient (Wildman–Crippen LogP) is -3.08. The number of hydrogen-bond acceptors (Lipinski definition) is 4. The average molecular weight is 204 g/mol. The molecular formula is C6H18AlNaO4+2. The van der Waals surface area contributed by atoms with Crippen LogP contribution >= 0.6 is 0 Å². The third-order valence-corrected chi connectivity index (χ3v) is 1.94. The maximum atomic E-state index is 5.16. The quantitative estimate of drug-likeness (QED) is 0.310. The maximum absolute atomic E-state index is 5.16. The fourth-order valence-corrected chi connectivity index (χ4v) is 1.05. The second-order valence-electron chi connectivity index (χ2n) is 1.92. The number of methoxy groups -OCH3 is 2. The van der Waals surface area contributed by atoms with E-state index in [2.05, 4.69) is 0 Å². The van der Waals surface area contributed by atoms with Gasteiger partial charge in [-0.15, -0.1) is 0 Å². The molecule has 0 saturated heterocycles. The third kappa shape index (κ3) is 13.9. The zero-order valence-corrected chi connectivity index (χ0v) is 11.6. The summed E-state index contributed by atoms with van der Waals surface area (Å²) in [6.45, 7) is 2.55. The SMILES string of the molecule is COCC[O][AlH][O]CCOC.[H+].[H+].[H-].[Na+].